The summed E-state index contributed by atoms with van der Waals surface area (Å²) in [6, 6.07) is 5.26. The molecular weight excluding hydrogens is 210 g/mol. The molecule has 0 aromatic heterocycles. The average Bonchev–Trinajstić information content (AvgIpc) is 2.08. The van der Waals surface area contributed by atoms with Crippen LogP contribution in [0.2, 0.25) is 5.02 Å². The Morgan fingerprint density at radius 1 is 1.62 bits per heavy atom. The zero-order chi connectivity index (χ0) is 9.84. The molecule has 0 N–H and O–H groups in total. The van der Waals surface area contributed by atoms with E-state index in [9.17, 15) is 10.1 Å². The van der Waals surface area contributed by atoms with Crippen molar-refractivity contribution in [3.8, 4) is 0 Å². The van der Waals surface area contributed by atoms with Gasteiger partial charge in [-0.2, -0.15) is 0 Å². The van der Waals surface area contributed by atoms with Crippen molar-refractivity contribution in [2.24, 2.45) is 0 Å². The fourth-order valence-electron chi connectivity index (χ4n) is 0.922. The van der Waals surface area contributed by atoms with E-state index < -0.39 is 0 Å². The van der Waals surface area contributed by atoms with E-state index in [1.807, 2.05) is 12.3 Å². The lowest BCUT2D eigenvalue weighted by Crippen LogP contribution is -1.98. The largest absolute Gasteiger partial charge is 0.264 e. The van der Waals surface area contributed by atoms with E-state index in [4.69, 9.17) is 11.6 Å². The van der Waals surface area contributed by atoms with E-state index in [2.05, 4.69) is 0 Å². The van der Waals surface area contributed by atoms with Crippen LogP contribution in [0.4, 0.5) is 0 Å². The number of hydrogen-bond acceptors (Lipinski definition) is 3. The van der Waals surface area contributed by atoms with Gasteiger partial charge in [0.2, 0.25) is 6.54 Å². The number of nitrogens with zero attached hydrogens (tertiary/aromatic N) is 1. The molecule has 0 saturated carbocycles. The minimum Gasteiger partial charge on any atom is -0.264 e. The molecule has 0 radical (unpaired) electrons. The Morgan fingerprint density at radius 3 is 2.77 bits per heavy atom. The topological polar surface area (TPSA) is 43.1 Å². The number of halogens is 1. The standard InChI is InChI=1S/C8H8ClNO2S/c1-13-7-3-2-6(5-10(11)12)8(9)4-7/h2-4H,5H2,1H3. The first-order valence-corrected chi connectivity index (χ1v) is 5.18. The Labute approximate surface area is 85.2 Å². The van der Waals surface area contributed by atoms with Crippen molar-refractivity contribution in [2.45, 2.75) is 11.4 Å². The lowest BCUT2D eigenvalue weighted by molar-refractivity contribution is -0.496. The molecule has 1 rings (SSSR count). The molecule has 0 amide bonds. The molecule has 5 heteroatoms. The number of benzene rings is 1. The van der Waals surface area contributed by atoms with Crippen LogP contribution in [0.25, 0.3) is 0 Å². The second-order valence-electron chi connectivity index (χ2n) is 2.45. The molecule has 0 heterocycles. The Hall–Kier alpha value is -0.740. The van der Waals surface area contributed by atoms with Crippen LogP contribution in [0.5, 0.6) is 0 Å². The summed E-state index contributed by atoms with van der Waals surface area (Å²) in [5.41, 5.74) is 0.560. The van der Waals surface area contributed by atoms with Gasteiger partial charge in [-0.15, -0.1) is 11.8 Å². The second-order valence-corrected chi connectivity index (χ2v) is 3.74. The van der Waals surface area contributed by atoms with Crippen LogP contribution in [-0.4, -0.2) is 11.2 Å². The van der Waals surface area contributed by atoms with Gasteiger partial charge >= 0.3 is 0 Å². The van der Waals surface area contributed by atoms with Crippen molar-refractivity contribution < 1.29 is 4.92 Å². The summed E-state index contributed by atoms with van der Waals surface area (Å²) in [4.78, 5) is 10.8. The first kappa shape index (κ1) is 10.3. The van der Waals surface area contributed by atoms with Crippen LogP contribution in [0.1, 0.15) is 5.56 Å². The van der Waals surface area contributed by atoms with Crippen LogP contribution < -0.4 is 0 Å². The van der Waals surface area contributed by atoms with Gasteiger partial charge in [0.1, 0.15) is 0 Å². The van der Waals surface area contributed by atoms with E-state index in [1.54, 1.807) is 23.9 Å². The summed E-state index contributed by atoms with van der Waals surface area (Å²) >= 11 is 7.39. The Bertz CT molecular complexity index is 330. The number of hydrogen-bond donors (Lipinski definition) is 0. The van der Waals surface area contributed by atoms with Crippen LogP contribution >= 0.6 is 23.4 Å². The predicted octanol–water partition coefficient (Wildman–Crippen LogP) is 2.84. The normalized spacial score (nSPS) is 10.0. The van der Waals surface area contributed by atoms with Gasteiger partial charge in [0.25, 0.3) is 0 Å². The van der Waals surface area contributed by atoms with Crippen LogP contribution in [-0.2, 0) is 6.54 Å². The minimum atomic E-state index is -0.389. The van der Waals surface area contributed by atoms with Crippen LogP contribution in [0.15, 0.2) is 23.1 Å². The molecule has 0 bridgehead atoms. The summed E-state index contributed by atoms with van der Waals surface area (Å²) in [5, 5.41) is 10.7. The minimum absolute atomic E-state index is 0.215. The third-order valence-corrected chi connectivity index (χ3v) is 2.64. The molecule has 0 unspecified atom stereocenters. The van der Waals surface area contributed by atoms with E-state index in [-0.39, 0.29) is 11.5 Å². The summed E-state index contributed by atoms with van der Waals surface area (Å²) in [6.07, 6.45) is 1.93. The van der Waals surface area contributed by atoms with Gasteiger partial charge in [0.15, 0.2) is 0 Å². The van der Waals surface area contributed by atoms with Crippen LogP contribution in [0, 0.1) is 10.1 Å². The smallest absolute Gasteiger partial charge is 0.230 e. The lowest BCUT2D eigenvalue weighted by atomic mass is 10.2. The molecule has 1 aromatic rings. The fourth-order valence-corrected chi connectivity index (χ4v) is 1.67. The molecule has 0 spiro atoms. The molecular formula is C8H8ClNO2S. The van der Waals surface area contributed by atoms with Gasteiger partial charge in [-0.05, 0) is 24.5 Å². The molecule has 0 atom stereocenters. The summed E-state index contributed by atoms with van der Waals surface area (Å²) in [7, 11) is 0. The van der Waals surface area contributed by atoms with Gasteiger partial charge in [0.05, 0.1) is 5.02 Å². The van der Waals surface area contributed by atoms with E-state index in [0.29, 0.717) is 10.6 Å². The highest BCUT2D eigenvalue weighted by Gasteiger charge is 2.06. The maximum Gasteiger partial charge on any atom is 0.230 e. The summed E-state index contributed by atoms with van der Waals surface area (Å²) in [5.74, 6) is 0. The number of thioether (sulfide) groups is 1. The molecule has 1 aromatic carbocycles. The molecule has 70 valence electrons. The van der Waals surface area contributed by atoms with Crippen molar-refractivity contribution in [1.29, 1.82) is 0 Å². The van der Waals surface area contributed by atoms with Gasteiger partial charge in [-0.25, -0.2) is 0 Å². The van der Waals surface area contributed by atoms with Crippen molar-refractivity contribution >= 4 is 23.4 Å². The zero-order valence-electron chi connectivity index (χ0n) is 6.99. The zero-order valence-corrected chi connectivity index (χ0v) is 8.56. The van der Waals surface area contributed by atoms with Gasteiger partial charge in [-0.1, -0.05) is 11.6 Å². The molecule has 0 fully saturated rings. The molecule has 0 aliphatic carbocycles. The molecule has 3 nitrogen and oxygen atoms in total. The maximum absolute atomic E-state index is 10.2. The molecule has 0 saturated heterocycles. The summed E-state index contributed by atoms with van der Waals surface area (Å²) in [6.45, 7) is -0.215. The Kier molecular flexibility index (Phi) is 3.57. The second kappa shape index (κ2) is 4.48. The first-order chi connectivity index (χ1) is 6.13. The van der Waals surface area contributed by atoms with Gasteiger partial charge < -0.3 is 0 Å². The molecule has 0 aliphatic heterocycles. The quantitative estimate of drug-likeness (QED) is 0.444. The summed E-state index contributed by atoms with van der Waals surface area (Å²) < 4.78 is 0. The van der Waals surface area contributed by atoms with Crippen molar-refractivity contribution in [1.82, 2.24) is 0 Å². The highest BCUT2D eigenvalue weighted by molar-refractivity contribution is 7.98. The van der Waals surface area contributed by atoms with Crippen LogP contribution in [0.3, 0.4) is 0 Å². The predicted molar refractivity (Wildman–Crippen MR) is 53.9 cm³/mol. The first-order valence-electron chi connectivity index (χ1n) is 3.57. The van der Waals surface area contributed by atoms with Crippen molar-refractivity contribution in [3.63, 3.8) is 0 Å². The van der Waals surface area contributed by atoms with E-state index >= 15 is 0 Å². The number of rotatable bonds is 3. The maximum atomic E-state index is 10.2. The molecule has 0 aliphatic rings. The molecule has 13 heavy (non-hydrogen) atoms. The lowest BCUT2D eigenvalue weighted by Gasteiger charge is -2.01. The number of nitro groups is 1. The SMILES string of the molecule is CSc1ccc(C[N+](=O)[O-])c(Cl)c1. The van der Waals surface area contributed by atoms with Crippen molar-refractivity contribution in [3.05, 3.63) is 38.9 Å². The average molecular weight is 218 g/mol. The van der Waals surface area contributed by atoms with Crippen molar-refractivity contribution in [2.75, 3.05) is 6.26 Å². The third kappa shape index (κ3) is 2.90. The highest BCUT2D eigenvalue weighted by Crippen LogP contribution is 2.23. The highest BCUT2D eigenvalue weighted by atomic mass is 35.5. The third-order valence-electron chi connectivity index (χ3n) is 1.56. The fraction of sp³-hybridized carbons (Fsp3) is 0.250. The van der Waals surface area contributed by atoms with E-state index in [1.165, 1.54) is 0 Å². The van der Waals surface area contributed by atoms with Gasteiger partial charge in [0, 0.05) is 15.4 Å². The Morgan fingerprint density at radius 2 is 2.31 bits per heavy atom. The van der Waals surface area contributed by atoms with Gasteiger partial charge in [-0.3, -0.25) is 10.1 Å². The monoisotopic (exact) mass is 217 g/mol. The Balaban J connectivity index is 2.91. The van der Waals surface area contributed by atoms with E-state index in [0.717, 1.165) is 4.90 Å².